The molecule has 0 aliphatic carbocycles. The fourth-order valence-electron chi connectivity index (χ4n) is 0.759. The summed E-state index contributed by atoms with van der Waals surface area (Å²) in [6, 6.07) is 0. The van der Waals surface area contributed by atoms with Crippen molar-refractivity contribution < 1.29 is 4.79 Å². The van der Waals surface area contributed by atoms with Crippen molar-refractivity contribution in [3.05, 3.63) is 0 Å². The van der Waals surface area contributed by atoms with Crippen molar-refractivity contribution in [1.29, 1.82) is 0 Å². The van der Waals surface area contributed by atoms with Crippen LogP contribution in [0, 0.1) is 0 Å². The molecule has 0 spiro atoms. The van der Waals surface area contributed by atoms with Gasteiger partial charge in [-0.25, -0.2) is 0 Å². The normalized spacial score (nSPS) is 15.9. The van der Waals surface area contributed by atoms with Gasteiger partial charge in [-0.1, -0.05) is 23.5 Å². The number of carbonyl (C=O) groups is 1. The van der Waals surface area contributed by atoms with Crippen molar-refractivity contribution in [2.45, 2.75) is 6.42 Å². The first-order valence-electron chi connectivity index (χ1n) is 3.83. The molecular weight excluding hydrogens is 192 g/mol. The maximum atomic E-state index is 10.8. The average Bonchev–Trinajstić information content (AvgIpc) is 2.57. The Labute approximate surface area is 80.8 Å². The number of hydrogen-bond acceptors (Lipinski definition) is 4. The molecule has 68 valence electrons. The molecule has 0 saturated heterocycles. The van der Waals surface area contributed by atoms with Gasteiger partial charge in [-0.15, -0.1) is 0 Å². The number of nitrogens with zero attached hydrogens (tertiary/aromatic N) is 1. The van der Waals surface area contributed by atoms with Crippen LogP contribution in [0.25, 0.3) is 0 Å². The summed E-state index contributed by atoms with van der Waals surface area (Å²) in [7, 11) is 1.66. The van der Waals surface area contributed by atoms with E-state index in [0.29, 0.717) is 6.42 Å². The predicted octanol–water partition coefficient (Wildman–Crippen LogP) is 0.958. The highest BCUT2D eigenvalue weighted by atomic mass is 32.2. The highest BCUT2D eigenvalue weighted by Gasteiger charge is 2.07. The largest absolute Gasteiger partial charge is 0.359 e. The molecular formula is C7H12N2OS2. The van der Waals surface area contributed by atoms with Crippen LogP contribution in [-0.2, 0) is 4.79 Å². The first-order valence-corrected chi connectivity index (χ1v) is 5.80. The maximum Gasteiger partial charge on any atom is 0.220 e. The Balaban J connectivity index is 2.05. The van der Waals surface area contributed by atoms with E-state index in [2.05, 4.69) is 10.3 Å². The molecule has 3 nitrogen and oxygen atoms in total. The summed E-state index contributed by atoms with van der Waals surface area (Å²) in [4.78, 5) is 15.1. The zero-order valence-corrected chi connectivity index (χ0v) is 8.63. The van der Waals surface area contributed by atoms with E-state index in [9.17, 15) is 4.79 Å². The molecule has 1 rings (SSSR count). The van der Waals surface area contributed by atoms with Crippen LogP contribution in [-0.4, -0.2) is 35.4 Å². The molecule has 5 heteroatoms. The third kappa shape index (κ3) is 3.49. The van der Waals surface area contributed by atoms with Gasteiger partial charge < -0.3 is 5.32 Å². The summed E-state index contributed by atoms with van der Waals surface area (Å²) >= 11 is 3.46. The van der Waals surface area contributed by atoms with E-state index in [4.69, 9.17) is 0 Å². The second-order valence-electron chi connectivity index (χ2n) is 2.27. The molecule has 0 aromatic carbocycles. The maximum absolute atomic E-state index is 10.8. The monoisotopic (exact) mass is 204 g/mol. The highest BCUT2D eigenvalue weighted by Crippen LogP contribution is 2.22. The lowest BCUT2D eigenvalue weighted by molar-refractivity contribution is -0.120. The fourth-order valence-corrected chi connectivity index (χ4v) is 2.78. The van der Waals surface area contributed by atoms with E-state index in [0.717, 1.165) is 22.4 Å². The topological polar surface area (TPSA) is 41.5 Å². The van der Waals surface area contributed by atoms with Crippen molar-refractivity contribution in [2.75, 3.05) is 25.1 Å². The van der Waals surface area contributed by atoms with Gasteiger partial charge in [-0.05, 0) is 0 Å². The van der Waals surface area contributed by atoms with Crippen LogP contribution >= 0.6 is 23.5 Å². The Bertz CT molecular complexity index is 194. The first-order chi connectivity index (χ1) is 5.83. The summed E-state index contributed by atoms with van der Waals surface area (Å²) < 4.78 is 1.14. The molecule has 0 bridgehead atoms. The minimum Gasteiger partial charge on any atom is -0.359 e. The smallest absolute Gasteiger partial charge is 0.220 e. The van der Waals surface area contributed by atoms with Gasteiger partial charge in [0, 0.05) is 25.0 Å². The number of thioether (sulfide) groups is 2. The van der Waals surface area contributed by atoms with Gasteiger partial charge in [0.15, 0.2) is 0 Å². The second kappa shape index (κ2) is 5.48. The standard InChI is InChI=1S/C7H12N2OS2/c1-8-6(10)2-4-11-7-9-3-5-12-7/h2-5H2,1H3,(H,8,10). The molecule has 0 saturated carbocycles. The Morgan fingerprint density at radius 2 is 2.67 bits per heavy atom. The molecule has 1 heterocycles. The van der Waals surface area contributed by atoms with E-state index in [1.165, 1.54) is 0 Å². The van der Waals surface area contributed by atoms with Crippen molar-refractivity contribution in [1.82, 2.24) is 5.32 Å². The number of nitrogens with one attached hydrogen (secondary N) is 1. The SMILES string of the molecule is CNC(=O)CCSC1=NCCS1. The van der Waals surface area contributed by atoms with Crippen molar-refractivity contribution in [2.24, 2.45) is 4.99 Å². The molecule has 0 fully saturated rings. The number of hydrogen-bond donors (Lipinski definition) is 1. The lowest BCUT2D eigenvalue weighted by Crippen LogP contribution is -2.18. The second-order valence-corrected chi connectivity index (χ2v) is 4.69. The van der Waals surface area contributed by atoms with Crippen LogP contribution < -0.4 is 5.32 Å². The highest BCUT2D eigenvalue weighted by molar-refractivity contribution is 8.39. The Hall–Kier alpha value is -0.160. The minimum absolute atomic E-state index is 0.103. The van der Waals surface area contributed by atoms with Gasteiger partial charge in [-0.2, -0.15) is 0 Å². The van der Waals surface area contributed by atoms with Crippen LogP contribution in [0.1, 0.15) is 6.42 Å². The summed E-state index contributed by atoms with van der Waals surface area (Å²) in [5, 5.41) is 2.59. The van der Waals surface area contributed by atoms with E-state index in [-0.39, 0.29) is 5.91 Å². The van der Waals surface area contributed by atoms with Crippen LogP contribution in [0.3, 0.4) is 0 Å². The van der Waals surface area contributed by atoms with Crippen LogP contribution in [0.15, 0.2) is 4.99 Å². The lowest BCUT2D eigenvalue weighted by Gasteiger charge is -1.98. The van der Waals surface area contributed by atoms with E-state index in [1.807, 2.05) is 0 Å². The molecule has 1 amide bonds. The van der Waals surface area contributed by atoms with E-state index < -0.39 is 0 Å². The fraction of sp³-hybridized carbons (Fsp3) is 0.714. The van der Waals surface area contributed by atoms with E-state index in [1.54, 1.807) is 30.6 Å². The van der Waals surface area contributed by atoms with Gasteiger partial charge in [0.1, 0.15) is 4.38 Å². The predicted molar refractivity (Wildman–Crippen MR) is 55.9 cm³/mol. The van der Waals surface area contributed by atoms with Gasteiger partial charge >= 0.3 is 0 Å². The van der Waals surface area contributed by atoms with Gasteiger partial charge in [0.05, 0.1) is 6.54 Å². The molecule has 0 aromatic heterocycles. The molecule has 12 heavy (non-hydrogen) atoms. The summed E-state index contributed by atoms with van der Waals surface area (Å²) in [6.07, 6.45) is 0.584. The Kier molecular flexibility index (Phi) is 4.53. The van der Waals surface area contributed by atoms with Crippen molar-refractivity contribution in [3.8, 4) is 0 Å². The van der Waals surface area contributed by atoms with Crippen LogP contribution in [0.5, 0.6) is 0 Å². The third-order valence-electron chi connectivity index (χ3n) is 1.39. The van der Waals surface area contributed by atoms with Crippen molar-refractivity contribution in [3.63, 3.8) is 0 Å². The van der Waals surface area contributed by atoms with Crippen LogP contribution in [0.2, 0.25) is 0 Å². The van der Waals surface area contributed by atoms with Crippen LogP contribution in [0.4, 0.5) is 0 Å². The van der Waals surface area contributed by atoms with Gasteiger partial charge in [-0.3, -0.25) is 9.79 Å². The number of carbonyl (C=O) groups excluding carboxylic acids is 1. The lowest BCUT2D eigenvalue weighted by atomic mass is 10.5. The third-order valence-corrected chi connectivity index (χ3v) is 3.65. The molecule has 0 aromatic rings. The van der Waals surface area contributed by atoms with Gasteiger partial charge in [0.2, 0.25) is 5.91 Å². The zero-order valence-electron chi connectivity index (χ0n) is 7.00. The first kappa shape index (κ1) is 9.92. The number of rotatable bonds is 3. The molecule has 0 radical (unpaired) electrons. The van der Waals surface area contributed by atoms with Crippen molar-refractivity contribution >= 4 is 33.8 Å². The average molecular weight is 204 g/mol. The molecule has 0 atom stereocenters. The molecule has 0 unspecified atom stereocenters. The molecule has 1 aliphatic rings. The Morgan fingerprint density at radius 3 is 3.25 bits per heavy atom. The van der Waals surface area contributed by atoms with E-state index >= 15 is 0 Å². The molecule has 1 aliphatic heterocycles. The summed E-state index contributed by atoms with van der Waals surface area (Å²) in [5.41, 5.74) is 0. The number of aliphatic imine (C=N–C) groups is 1. The number of amides is 1. The molecule has 1 N–H and O–H groups in total. The van der Waals surface area contributed by atoms with Gasteiger partial charge in [0.25, 0.3) is 0 Å². The zero-order chi connectivity index (χ0) is 8.81. The Morgan fingerprint density at radius 1 is 1.83 bits per heavy atom. The summed E-state index contributed by atoms with van der Waals surface area (Å²) in [6.45, 7) is 0.937. The quantitative estimate of drug-likeness (QED) is 0.744. The minimum atomic E-state index is 0.103. The summed E-state index contributed by atoms with van der Waals surface area (Å²) in [5.74, 6) is 2.04.